The third-order valence-corrected chi connectivity index (χ3v) is 7.42. The predicted octanol–water partition coefficient (Wildman–Crippen LogP) is 7.64. The summed E-state index contributed by atoms with van der Waals surface area (Å²) in [5.74, 6) is -0.861. The van der Waals surface area contributed by atoms with E-state index in [1.54, 1.807) is 17.4 Å². The lowest BCUT2D eigenvalue weighted by Gasteiger charge is -1.96. The van der Waals surface area contributed by atoms with Gasteiger partial charge in [-0.2, -0.15) is 0 Å². The highest BCUT2D eigenvalue weighted by atomic mass is 79.9. The monoisotopic (exact) mass is 496 g/mol. The van der Waals surface area contributed by atoms with Crippen LogP contribution < -0.4 is 0 Å². The third kappa shape index (κ3) is 4.14. The minimum Gasteiger partial charge on any atom is -0.477 e. The Bertz CT molecular complexity index is 1000. The Hall–Kier alpha value is -1.21. The number of rotatable bonds is 1. The minimum atomic E-state index is -0.861. The van der Waals surface area contributed by atoms with Gasteiger partial charge in [-0.25, -0.2) is 4.79 Å². The van der Waals surface area contributed by atoms with E-state index in [0.717, 1.165) is 20.1 Å². The van der Waals surface area contributed by atoms with Crippen LogP contribution in [0, 0.1) is 13.8 Å². The van der Waals surface area contributed by atoms with Crippen molar-refractivity contribution in [3.63, 3.8) is 0 Å². The Balaban J connectivity index is 0.000000150. The van der Waals surface area contributed by atoms with Gasteiger partial charge in [-0.05, 0) is 77.5 Å². The van der Waals surface area contributed by atoms with Crippen molar-refractivity contribution in [3.05, 3.63) is 66.7 Å². The largest absolute Gasteiger partial charge is 0.477 e. The molecule has 0 spiro atoms. The second kappa shape index (κ2) is 7.58. The molecule has 2 nitrogen and oxygen atoms in total. The number of fused-ring (bicyclic) bond motifs is 2. The Kier molecular flexibility index (Phi) is 5.63. The maximum atomic E-state index is 10.7. The summed E-state index contributed by atoms with van der Waals surface area (Å²) in [6.45, 7) is 4.10. The van der Waals surface area contributed by atoms with Crippen molar-refractivity contribution in [2.24, 2.45) is 0 Å². The molecular formula is C19H14Br2O2S2. The summed E-state index contributed by atoms with van der Waals surface area (Å²) in [5, 5.41) is 13.2. The van der Waals surface area contributed by atoms with Crippen LogP contribution in [0.15, 0.2) is 50.7 Å². The molecule has 0 aliphatic carbocycles. The molecule has 2 aromatic carbocycles. The van der Waals surface area contributed by atoms with Crippen molar-refractivity contribution in [2.75, 3.05) is 0 Å². The average Bonchev–Trinajstić information content (AvgIpc) is 3.15. The smallest absolute Gasteiger partial charge is 0.345 e. The van der Waals surface area contributed by atoms with Gasteiger partial charge in [-0.1, -0.05) is 31.9 Å². The van der Waals surface area contributed by atoms with Gasteiger partial charge in [-0.15, -0.1) is 22.7 Å². The molecule has 0 unspecified atom stereocenters. The molecule has 1 N–H and O–H groups in total. The fraction of sp³-hybridized carbons (Fsp3) is 0.105. The molecule has 4 rings (SSSR count). The SMILES string of the molecule is Cc1cc2sc(C(=O)O)cc2cc1Br.Cc1cc2sccc2cc1Br. The predicted molar refractivity (Wildman–Crippen MR) is 115 cm³/mol. The quantitative estimate of drug-likeness (QED) is 0.293. The van der Waals surface area contributed by atoms with Crippen molar-refractivity contribution in [2.45, 2.75) is 13.8 Å². The zero-order valence-electron chi connectivity index (χ0n) is 13.5. The highest BCUT2D eigenvalue weighted by Gasteiger charge is 2.09. The van der Waals surface area contributed by atoms with Gasteiger partial charge < -0.3 is 5.11 Å². The normalized spacial score (nSPS) is 10.7. The first kappa shape index (κ1) is 18.6. The number of hydrogen-bond donors (Lipinski definition) is 1. The van der Waals surface area contributed by atoms with E-state index in [2.05, 4.69) is 62.4 Å². The van der Waals surface area contributed by atoms with E-state index in [-0.39, 0.29) is 0 Å². The van der Waals surface area contributed by atoms with E-state index < -0.39 is 5.97 Å². The lowest BCUT2D eigenvalue weighted by molar-refractivity contribution is 0.0702. The number of aromatic carboxylic acids is 1. The summed E-state index contributed by atoms with van der Waals surface area (Å²) >= 11 is 10.0. The molecule has 0 atom stereocenters. The second-order valence-corrected chi connectivity index (χ2v) is 9.35. The zero-order valence-corrected chi connectivity index (χ0v) is 18.3. The molecule has 0 bridgehead atoms. The topological polar surface area (TPSA) is 37.3 Å². The van der Waals surface area contributed by atoms with Crippen molar-refractivity contribution >= 4 is 80.7 Å². The number of carboxylic acid groups (broad SMARTS) is 1. The van der Waals surface area contributed by atoms with Crippen LogP contribution in [0.1, 0.15) is 20.8 Å². The van der Waals surface area contributed by atoms with Crippen molar-refractivity contribution in [3.8, 4) is 0 Å². The Labute approximate surface area is 170 Å². The van der Waals surface area contributed by atoms with Gasteiger partial charge >= 0.3 is 5.97 Å². The molecule has 0 saturated heterocycles. The zero-order chi connectivity index (χ0) is 18.1. The lowest BCUT2D eigenvalue weighted by atomic mass is 10.2. The molecule has 2 heterocycles. The third-order valence-electron chi connectivity index (χ3n) is 3.74. The summed E-state index contributed by atoms with van der Waals surface area (Å²) in [6, 6.07) is 12.2. The number of hydrogen-bond acceptors (Lipinski definition) is 3. The standard InChI is InChI=1S/C10H7BrO2S.C9H7BrS/c1-5-2-8-6(3-7(5)11)4-9(14-8)10(12)13;1-6-4-9-7(2-3-11-9)5-8(6)10/h2-4H,1H3,(H,12,13);2-5H,1H3. The Morgan fingerprint density at radius 1 is 0.920 bits per heavy atom. The van der Waals surface area contributed by atoms with Crippen molar-refractivity contribution in [1.82, 2.24) is 0 Å². The molecular weight excluding hydrogens is 484 g/mol. The molecule has 25 heavy (non-hydrogen) atoms. The molecule has 2 aromatic heterocycles. The van der Waals surface area contributed by atoms with E-state index >= 15 is 0 Å². The van der Waals surface area contributed by atoms with Crippen LogP contribution >= 0.6 is 54.5 Å². The number of halogens is 2. The molecule has 4 aromatic rings. The number of thiophene rings is 2. The van der Waals surface area contributed by atoms with Gasteiger partial charge in [0.05, 0.1) is 0 Å². The molecule has 0 saturated carbocycles. The Morgan fingerprint density at radius 2 is 1.52 bits per heavy atom. The highest BCUT2D eigenvalue weighted by Crippen LogP contribution is 2.30. The van der Waals surface area contributed by atoms with E-state index in [4.69, 9.17) is 5.11 Å². The summed E-state index contributed by atoms with van der Waals surface area (Å²) in [4.78, 5) is 11.1. The van der Waals surface area contributed by atoms with E-state index in [1.165, 1.54) is 31.5 Å². The van der Waals surface area contributed by atoms with Crippen LogP contribution in [0.25, 0.3) is 20.2 Å². The average molecular weight is 498 g/mol. The van der Waals surface area contributed by atoms with Gasteiger partial charge in [0.15, 0.2) is 0 Å². The van der Waals surface area contributed by atoms with Crippen LogP contribution in [-0.2, 0) is 0 Å². The molecule has 0 aliphatic heterocycles. The van der Waals surface area contributed by atoms with Crippen molar-refractivity contribution < 1.29 is 9.90 Å². The lowest BCUT2D eigenvalue weighted by Crippen LogP contribution is -1.89. The fourth-order valence-electron chi connectivity index (χ4n) is 2.35. The van der Waals surface area contributed by atoms with Gasteiger partial charge in [0, 0.05) is 18.3 Å². The maximum Gasteiger partial charge on any atom is 0.345 e. The number of carbonyl (C=O) groups is 1. The van der Waals surface area contributed by atoms with Crippen LogP contribution in [0.2, 0.25) is 0 Å². The maximum absolute atomic E-state index is 10.7. The highest BCUT2D eigenvalue weighted by molar-refractivity contribution is 9.10. The van der Waals surface area contributed by atoms with Crippen molar-refractivity contribution in [1.29, 1.82) is 0 Å². The first-order valence-electron chi connectivity index (χ1n) is 7.41. The first-order chi connectivity index (χ1) is 11.8. The van der Waals surface area contributed by atoms with Crippen LogP contribution in [0.3, 0.4) is 0 Å². The minimum absolute atomic E-state index is 0.387. The first-order valence-corrected chi connectivity index (χ1v) is 10.7. The Morgan fingerprint density at radius 3 is 2.16 bits per heavy atom. The van der Waals surface area contributed by atoms with Crippen LogP contribution in [0.4, 0.5) is 0 Å². The van der Waals surface area contributed by atoms with Gasteiger partial charge in [0.1, 0.15) is 4.88 Å². The van der Waals surface area contributed by atoms with Gasteiger partial charge in [0.2, 0.25) is 0 Å². The second-order valence-electron chi connectivity index (χ2n) is 5.61. The van der Waals surface area contributed by atoms with Crippen LogP contribution in [0.5, 0.6) is 0 Å². The van der Waals surface area contributed by atoms with Gasteiger partial charge in [-0.3, -0.25) is 0 Å². The number of benzene rings is 2. The molecule has 128 valence electrons. The molecule has 0 fully saturated rings. The van der Waals surface area contributed by atoms with Gasteiger partial charge in [0.25, 0.3) is 0 Å². The summed E-state index contributed by atoms with van der Waals surface area (Å²) in [7, 11) is 0. The van der Waals surface area contributed by atoms with E-state index in [9.17, 15) is 4.79 Å². The van der Waals surface area contributed by atoms with Crippen LogP contribution in [-0.4, -0.2) is 11.1 Å². The molecule has 0 radical (unpaired) electrons. The summed E-state index contributed by atoms with van der Waals surface area (Å²) < 4.78 is 4.59. The number of aryl methyl sites for hydroxylation is 2. The fourth-order valence-corrected chi connectivity index (χ4v) is 4.92. The molecule has 0 amide bonds. The molecule has 0 aliphatic rings. The van der Waals surface area contributed by atoms with E-state index in [0.29, 0.717) is 4.88 Å². The molecule has 6 heteroatoms. The summed E-state index contributed by atoms with van der Waals surface area (Å²) in [6.07, 6.45) is 0. The summed E-state index contributed by atoms with van der Waals surface area (Å²) in [5.41, 5.74) is 2.43. The van der Waals surface area contributed by atoms with E-state index in [1.807, 2.05) is 19.1 Å². The number of carboxylic acids is 1.